The van der Waals surface area contributed by atoms with Gasteiger partial charge in [-0.2, -0.15) is 0 Å². The molecule has 0 unspecified atom stereocenters. The highest BCUT2D eigenvalue weighted by Gasteiger charge is 2.37. The van der Waals surface area contributed by atoms with E-state index in [2.05, 4.69) is 52.1 Å². The molecule has 0 spiro atoms. The van der Waals surface area contributed by atoms with Gasteiger partial charge in [-0.1, -0.05) is 33.8 Å². The molecule has 2 aliphatic rings. The van der Waals surface area contributed by atoms with Crippen LogP contribution in [0.25, 0.3) is 17.2 Å². The molecule has 1 heterocycles. The van der Waals surface area contributed by atoms with Gasteiger partial charge in [-0.15, -0.1) is 11.8 Å². The maximum absolute atomic E-state index is 14.6. The van der Waals surface area contributed by atoms with Gasteiger partial charge in [0.25, 0.3) is 0 Å². The molecule has 2 aromatic rings. The molecule has 0 bridgehead atoms. The minimum absolute atomic E-state index is 0.0627. The molecule has 1 saturated heterocycles. The third-order valence-electron chi connectivity index (χ3n) is 6.56. The Morgan fingerprint density at radius 3 is 2.28 bits per heavy atom. The van der Waals surface area contributed by atoms with E-state index in [1.165, 1.54) is 22.1 Å². The zero-order valence-electron chi connectivity index (χ0n) is 17.9. The van der Waals surface area contributed by atoms with Crippen LogP contribution in [-0.4, -0.2) is 17.5 Å². The number of aromatic hydroxyl groups is 1. The summed E-state index contributed by atoms with van der Waals surface area (Å²) < 4.78 is 14.6. The molecular formula is C25H30FNOS. The smallest absolute Gasteiger partial charge is 0.166 e. The van der Waals surface area contributed by atoms with Crippen molar-refractivity contribution in [1.82, 2.24) is 5.32 Å². The number of aryl methyl sites for hydroxylation is 1. The van der Waals surface area contributed by atoms with E-state index >= 15 is 0 Å². The van der Waals surface area contributed by atoms with Gasteiger partial charge in [0, 0.05) is 22.9 Å². The number of nitrogens with one attached hydrogen (secondary N) is 1. The van der Waals surface area contributed by atoms with Crippen molar-refractivity contribution >= 4 is 17.8 Å². The zero-order chi connectivity index (χ0) is 21.0. The lowest BCUT2D eigenvalue weighted by Crippen LogP contribution is -2.34. The molecule has 154 valence electrons. The first kappa shape index (κ1) is 20.5. The topological polar surface area (TPSA) is 32.3 Å². The number of thioether (sulfide) groups is 1. The van der Waals surface area contributed by atoms with E-state index in [1.54, 1.807) is 11.8 Å². The highest BCUT2D eigenvalue weighted by atomic mass is 32.2. The van der Waals surface area contributed by atoms with Crippen LogP contribution in [0.5, 0.6) is 5.75 Å². The number of halogens is 1. The van der Waals surface area contributed by atoms with E-state index in [9.17, 15) is 9.50 Å². The third kappa shape index (κ3) is 3.73. The SMILES string of the molecule is Cc1cc2c(cc1-c1cc(C=C3CNCS3)cc(F)c1O)C(C)(C)CCC2(C)C. The normalized spacial score (nSPS) is 21.4. The lowest BCUT2D eigenvalue weighted by Gasteiger charge is -2.42. The summed E-state index contributed by atoms with van der Waals surface area (Å²) in [5.41, 5.74) is 6.24. The average molecular weight is 412 g/mol. The van der Waals surface area contributed by atoms with Crippen molar-refractivity contribution < 1.29 is 9.50 Å². The van der Waals surface area contributed by atoms with Gasteiger partial charge in [0.15, 0.2) is 11.6 Å². The summed E-state index contributed by atoms with van der Waals surface area (Å²) in [6.07, 6.45) is 4.28. The van der Waals surface area contributed by atoms with Gasteiger partial charge < -0.3 is 10.4 Å². The summed E-state index contributed by atoms with van der Waals surface area (Å²) in [5, 5.41) is 13.9. The van der Waals surface area contributed by atoms with Crippen molar-refractivity contribution in [3.63, 3.8) is 0 Å². The summed E-state index contributed by atoms with van der Waals surface area (Å²) in [5.74, 6) is 0.0518. The van der Waals surface area contributed by atoms with Crippen LogP contribution in [0.15, 0.2) is 29.2 Å². The van der Waals surface area contributed by atoms with Gasteiger partial charge >= 0.3 is 0 Å². The Morgan fingerprint density at radius 2 is 1.66 bits per heavy atom. The number of phenolic OH excluding ortho intramolecular Hbond substituents is 1. The molecule has 1 fully saturated rings. The van der Waals surface area contributed by atoms with Crippen molar-refractivity contribution in [2.75, 3.05) is 12.4 Å². The monoisotopic (exact) mass is 411 g/mol. The number of benzene rings is 2. The van der Waals surface area contributed by atoms with Gasteiger partial charge in [0.1, 0.15) is 0 Å². The Bertz CT molecular complexity index is 998. The molecule has 1 aliphatic carbocycles. The summed E-state index contributed by atoms with van der Waals surface area (Å²) in [6.45, 7) is 12.0. The number of hydrogen-bond donors (Lipinski definition) is 2. The van der Waals surface area contributed by atoms with E-state index in [4.69, 9.17) is 0 Å². The fraction of sp³-hybridized carbons (Fsp3) is 0.440. The second kappa shape index (κ2) is 7.17. The fourth-order valence-electron chi connectivity index (χ4n) is 4.57. The lowest BCUT2D eigenvalue weighted by atomic mass is 9.62. The second-order valence-corrected chi connectivity index (χ2v) is 10.8. The Balaban J connectivity index is 1.89. The van der Waals surface area contributed by atoms with Crippen LogP contribution < -0.4 is 5.32 Å². The molecule has 0 saturated carbocycles. The molecule has 2 aromatic carbocycles. The van der Waals surface area contributed by atoms with Crippen molar-refractivity contribution in [3.8, 4) is 16.9 Å². The molecule has 2 nitrogen and oxygen atoms in total. The van der Waals surface area contributed by atoms with Gasteiger partial charge in [0.05, 0.1) is 0 Å². The molecular weight excluding hydrogens is 381 g/mol. The van der Waals surface area contributed by atoms with E-state index in [0.29, 0.717) is 5.56 Å². The van der Waals surface area contributed by atoms with Crippen LogP contribution in [0.4, 0.5) is 4.39 Å². The minimum atomic E-state index is -0.568. The van der Waals surface area contributed by atoms with Crippen LogP contribution >= 0.6 is 11.8 Å². The first-order valence-corrected chi connectivity index (χ1v) is 11.3. The summed E-state index contributed by atoms with van der Waals surface area (Å²) in [6, 6.07) is 7.79. The molecule has 0 radical (unpaired) electrons. The number of hydrogen-bond acceptors (Lipinski definition) is 3. The maximum atomic E-state index is 14.6. The molecule has 0 aromatic heterocycles. The predicted octanol–water partition coefficient (Wildman–Crippen LogP) is 6.49. The Hall–Kier alpha value is -1.78. The lowest BCUT2D eigenvalue weighted by molar-refractivity contribution is 0.332. The molecule has 1 aliphatic heterocycles. The summed E-state index contributed by atoms with van der Waals surface area (Å²) in [4.78, 5) is 1.19. The van der Waals surface area contributed by atoms with E-state index in [-0.39, 0.29) is 16.6 Å². The fourth-order valence-corrected chi connectivity index (χ4v) is 5.38. The quantitative estimate of drug-likeness (QED) is 0.592. The van der Waals surface area contributed by atoms with Crippen LogP contribution in [0.3, 0.4) is 0 Å². The maximum Gasteiger partial charge on any atom is 0.166 e. The average Bonchev–Trinajstić information content (AvgIpc) is 3.15. The largest absolute Gasteiger partial charge is 0.504 e. The Kier molecular flexibility index (Phi) is 5.07. The van der Waals surface area contributed by atoms with Crippen LogP contribution in [0.1, 0.15) is 62.8 Å². The molecule has 2 N–H and O–H groups in total. The number of rotatable bonds is 2. The van der Waals surface area contributed by atoms with Crippen LogP contribution in [-0.2, 0) is 10.8 Å². The first-order chi connectivity index (χ1) is 13.6. The van der Waals surface area contributed by atoms with E-state index in [1.807, 2.05) is 12.1 Å². The van der Waals surface area contributed by atoms with Crippen molar-refractivity contribution in [3.05, 3.63) is 57.2 Å². The second-order valence-electron chi connectivity index (χ2n) is 9.71. The van der Waals surface area contributed by atoms with Gasteiger partial charge in [0.2, 0.25) is 0 Å². The molecule has 4 rings (SSSR count). The number of fused-ring (bicyclic) bond motifs is 1. The van der Waals surface area contributed by atoms with Crippen LogP contribution in [0, 0.1) is 12.7 Å². The van der Waals surface area contributed by atoms with Gasteiger partial charge in [-0.25, -0.2) is 4.39 Å². The van der Waals surface area contributed by atoms with Crippen molar-refractivity contribution in [2.24, 2.45) is 0 Å². The highest BCUT2D eigenvalue weighted by Crippen LogP contribution is 2.48. The molecule has 29 heavy (non-hydrogen) atoms. The molecule has 0 amide bonds. The zero-order valence-corrected chi connectivity index (χ0v) is 18.8. The molecule has 0 atom stereocenters. The highest BCUT2D eigenvalue weighted by molar-refractivity contribution is 8.03. The van der Waals surface area contributed by atoms with E-state index in [0.717, 1.165) is 42.0 Å². The standard InChI is InChI=1S/C25H30FNOS/c1-15-8-20-21(25(4,5)7-6-24(20,2)3)12-18(15)19-10-16(11-22(26)23(19)28)9-17-13-27-14-29-17/h8-12,27-28H,6-7,13-14H2,1-5H3. The minimum Gasteiger partial charge on any atom is -0.504 e. The first-order valence-electron chi connectivity index (χ1n) is 10.3. The Labute approximate surface area is 177 Å². The van der Waals surface area contributed by atoms with Gasteiger partial charge in [-0.05, 0) is 82.7 Å². The van der Waals surface area contributed by atoms with Gasteiger partial charge in [-0.3, -0.25) is 0 Å². The van der Waals surface area contributed by atoms with Crippen molar-refractivity contribution in [2.45, 2.75) is 58.3 Å². The summed E-state index contributed by atoms with van der Waals surface area (Å²) >= 11 is 1.74. The predicted molar refractivity (Wildman–Crippen MR) is 122 cm³/mol. The third-order valence-corrected chi connectivity index (χ3v) is 7.54. The number of phenols is 1. The Morgan fingerprint density at radius 1 is 1.00 bits per heavy atom. The summed E-state index contributed by atoms with van der Waals surface area (Å²) in [7, 11) is 0. The van der Waals surface area contributed by atoms with Crippen molar-refractivity contribution in [1.29, 1.82) is 0 Å². The molecule has 4 heteroatoms. The van der Waals surface area contributed by atoms with Crippen LogP contribution in [0.2, 0.25) is 0 Å². The van der Waals surface area contributed by atoms with E-state index < -0.39 is 5.82 Å².